The highest BCUT2D eigenvalue weighted by atomic mass is 14.9. The zero-order chi connectivity index (χ0) is 9.97. The number of fused-ring (bicyclic) bond motifs is 1. The van der Waals surface area contributed by atoms with Crippen molar-refractivity contribution in [1.29, 1.82) is 0 Å². The summed E-state index contributed by atoms with van der Waals surface area (Å²) in [7, 11) is 0. The molecule has 0 aromatic carbocycles. The van der Waals surface area contributed by atoms with Gasteiger partial charge in [0.2, 0.25) is 0 Å². The Kier molecular flexibility index (Phi) is 2.40. The molecule has 1 heteroatoms. The standard InChI is InChI=1S/C13H15N/c1-10(2)14-13-8-11-6-4-3-5-7-12(11)9-13/h3-10,14H,1-2H3. The van der Waals surface area contributed by atoms with Gasteiger partial charge in [-0.05, 0) is 37.1 Å². The molecule has 0 heterocycles. The van der Waals surface area contributed by atoms with Crippen LogP contribution in [0, 0.1) is 0 Å². The number of hydrogen-bond acceptors (Lipinski definition) is 1. The highest BCUT2D eigenvalue weighted by Crippen LogP contribution is 2.28. The minimum Gasteiger partial charge on any atom is -0.383 e. The van der Waals surface area contributed by atoms with E-state index in [1.54, 1.807) is 0 Å². The summed E-state index contributed by atoms with van der Waals surface area (Å²) in [5.74, 6) is 0. The molecule has 2 rings (SSSR count). The fraction of sp³-hybridized carbons (Fsp3) is 0.231. The maximum absolute atomic E-state index is 3.40. The third kappa shape index (κ3) is 1.87. The maximum atomic E-state index is 3.40. The molecule has 2 aliphatic carbocycles. The maximum Gasteiger partial charge on any atom is 0.0354 e. The van der Waals surface area contributed by atoms with E-state index >= 15 is 0 Å². The summed E-state index contributed by atoms with van der Waals surface area (Å²) in [6.07, 6.45) is 0. The Morgan fingerprint density at radius 2 is 1.50 bits per heavy atom. The van der Waals surface area contributed by atoms with Crippen LogP contribution in [0.25, 0.3) is 11.1 Å². The summed E-state index contributed by atoms with van der Waals surface area (Å²) in [6, 6.07) is 15.3. The van der Waals surface area contributed by atoms with Crippen LogP contribution in [0.5, 0.6) is 0 Å². The Bertz CT molecular complexity index is 362. The molecule has 0 fully saturated rings. The van der Waals surface area contributed by atoms with Crippen molar-refractivity contribution in [3.8, 4) is 11.1 Å². The molecule has 1 nitrogen and oxygen atoms in total. The van der Waals surface area contributed by atoms with Crippen LogP contribution < -0.4 is 5.32 Å². The van der Waals surface area contributed by atoms with Crippen LogP contribution in [0.4, 0.5) is 5.69 Å². The minimum atomic E-state index is 0.487. The van der Waals surface area contributed by atoms with Gasteiger partial charge in [0.1, 0.15) is 0 Å². The Hall–Kier alpha value is -1.50. The van der Waals surface area contributed by atoms with Crippen LogP contribution in [0.1, 0.15) is 13.8 Å². The van der Waals surface area contributed by atoms with E-state index in [9.17, 15) is 0 Å². The van der Waals surface area contributed by atoms with Crippen LogP contribution in [-0.2, 0) is 0 Å². The third-order valence-corrected chi connectivity index (χ3v) is 2.18. The van der Waals surface area contributed by atoms with Crippen LogP contribution in [-0.4, -0.2) is 6.04 Å². The van der Waals surface area contributed by atoms with E-state index < -0.39 is 0 Å². The molecule has 0 aromatic heterocycles. The normalized spacial score (nSPS) is 10.8. The first-order valence-electron chi connectivity index (χ1n) is 5.01. The zero-order valence-corrected chi connectivity index (χ0v) is 8.62. The lowest BCUT2D eigenvalue weighted by Crippen LogP contribution is -2.08. The summed E-state index contributed by atoms with van der Waals surface area (Å²) in [5.41, 5.74) is 3.79. The molecule has 0 bridgehead atoms. The Balaban J connectivity index is 2.38. The molecule has 0 atom stereocenters. The van der Waals surface area contributed by atoms with E-state index in [0.29, 0.717) is 6.04 Å². The number of nitrogens with one attached hydrogen (secondary N) is 1. The first-order valence-corrected chi connectivity index (χ1v) is 5.01. The van der Waals surface area contributed by atoms with Crippen molar-refractivity contribution in [2.24, 2.45) is 0 Å². The van der Waals surface area contributed by atoms with E-state index in [4.69, 9.17) is 0 Å². The molecule has 0 spiro atoms. The Morgan fingerprint density at radius 1 is 0.929 bits per heavy atom. The quantitative estimate of drug-likeness (QED) is 0.753. The van der Waals surface area contributed by atoms with Crippen molar-refractivity contribution >= 4 is 5.69 Å². The van der Waals surface area contributed by atoms with Crippen molar-refractivity contribution in [1.82, 2.24) is 0 Å². The molecule has 2 aliphatic rings. The Labute approximate surface area is 85.1 Å². The number of rotatable bonds is 2. The van der Waals surface area contributed by atoms with E-state index in [-0.39, 0.29) is 0 Å². The predicted octanol–water partition coefficient (Wildman–Crippen LogP) is 3.61. The monoisotopic (exact) mass is 185 g/mol. The first kappa shape index (κ1) is 9.07. The minimum absolute atomic E-state index is 0.487. The molecular formula is C13H15N. The van der Waals surface area contributed by atoms with Crippen molar-refractivity contribution in [2.75, 3.05) is 5.32 Å². The molecule has 0 aromatic rings. The third-order valence-electron chi connectivity index (χ3n) is 2.18. The lowest BCUT2D eigenvalue weighted by molar-refractivity contribution is 0.901. The van der Waals surface area contributed by atoms with Gasteiger partial charge in [-0.15, -0.1) is 0 Å². The lowest BCUT2D eigenvalue weighted by Gasteiger charge is -2.05. The van der Waals surface area contributed by atoms with E-state index in [0.717, 1.165) is 0 Å². The second-order valence-electron chi connectivity index (χ2n) is 3.86. The lowest BCUT2D eigenvalue weighted by atomic mass is 10.2. The van der Waals surface area contributed by atoms with Crippen molar-refractivity contribution < 1.29 is 0 Å². The van der Waals surface area contributed by atoms with Gasteiger partial charge in [-0.25, -0.2) is 0 Å². The average Bonchev–Trinajstić information content (AvgIpc) is 2.34. The van der Waals surface area contributed by atoms with Gasteiger partial charge < -0.3 is 5.32 Å². The SMILES string of the molecule is CC(C)Nc1cc2cccccc-2c1. The zero-order valence-electron chi connectivity index (χ0n) is 8.62. The van der Waals surface area contributed by atoms with Gasteiger partial charge in [0.05, 0.1) is 0 Å². The topological polar surface area (TPSA) is 12.0 Å². The largest absolute Gasteiger partial charge is 0.383 e. The van der Waals surface area contributed by atoms with Crippen molar-refractivity contribution in [3.05, 3.63) is 42.5 Å². The van der Waals surface area contributed by atoms with Gasteiger partial charge in [-0.3, -0.25) is 0 Å². The molecule has 0 radical (unpaired) electrons. The van der Waals surface area contributed by atoms with Crippen LogP contribution in [0.15, 0.2) is 42.5 Å². The fourth-order valence-electron chi connectivity index (χ4n) is 1.63. The van der Waals surface area contributed by atoms with Gasteiger partial charge >= 0.3 is 0 Å². The smallest absolute Gasteiger partial charge is 0.0354 e. The van der Waals surface area contributed by atoms with Crippen molar-refractivity contribution in [3.63, 3.8) is 0 Å². The molecule has 14 heavy (non-hydrogen) atoms. The van der Waals surface area contributed by atoms with E-state index in [1.807, 2.05) is 0 Å². The highest BCUT2D eigenvalue weighted by molar-refractivity contribution is 5.75. The highest BCUT2D eigenvalue weighted by Gasteiger charge is 2.04. The summed E-state index contributed by atoms with van der Waals surface area (Å²) < 4.78 is 0. The van der Waals surface area contributed by atoms with Crippen molar-refractivity contribution in [2.45, 2.75) is 19.9 Å². The predicted molar refractivity (Wildman–Crippen MR) is 61.8 cm³/mol. The van der Waals surface area contributed by atoms with Crippen LogP contribution >= 0.6 is 0 Å². The van der Waals surface area contributed by atoms with Gasteiger partial charge in [0, 0.05) is 11.7 Å². The molecule has 72 valence electrons. The fourth-order valence-corrected chi connectivity index (χ4v) is 1.63. The Morgan fingerprint density at radius 3 is 2.00 bits per heavy atom. The van der Waals surface area contributed by atoms with Gasteiger partial charge in [-0.1, -0.05) is 30.3 Å². The molecule has 1 N–H and O–H groups in total. The number of anilines is 1. The average molecular weight is 185 g/mol. The van der Waals surface area contributed by atoms with E-state index in [2.05, 4.69) is 61.6 Å². The van der Waals surface area contributed by atoms with Crippen LogP contribution in [0.2, 0.25) is 0 Å². The molecule has 0 saturated carbocycles. The summed E-state index contributed by atoms with van der Waals surface area (Å²) >= 11 is 0. The summed E-state index contributed by atoms with van der Waals surface area (Å²) in [5, 5.41) is 3.40. The van der Waals surface area contributed by atoms with E-state index in [1.165, 1.54) is 16.8 Å². The van der Waals surface area contributed by atoms with Crippen LogP contribution in [0.3, 0.4) is 0 Å². The van der Waals surface area contributed by atoms with Gasteiger partial charge in [0.25, 0.3) is 0 Å². The first-order chi connectivity index (χ1) is 6.75. The van der Waals surface area contributed by atoms with Gasteiger partial charge in [-0.2, -0.15) is 0 Å². The summed E-state index contributed by atoms with van der Waals surface area (Å²) in [6.45, 7) is 4.30. The second-order valence-corrected chi connectivity index (χ2v) is 3.86. The number of hydrogen-bond donors (Lipinski definition) is 1. The molecule has 0 amide bonds. The molecular weight excluding hydrogens is 170 g/mol. The molecule has 0 aliphatic heterocycles. The van der Waals surface area contributed by atoms with Gasteiger partial charge in [0.15, 0.2) is 0 Å². The molecule has 0 saturated heterocycles. The summed E-state index contributed by atoms with van der Waals surface area (Å²) in [4.78, 5) is 0. The second kappa shape index (κ2) is 3.70. The molecule has 0 unspecified atom stereocenters.